The molecule has 3 aromatic carbocycles. The molecule has 3 aromatic rings. The fraction of sp³-hybridized carbons (Fsp3) is 0.422. The molecule has 17 nitrogen and oxygen atoms in total. The van der Waals surface area contributed by atoms with Crippen molar-refractivity contribution in [1.29, 1.82) is 0 Å². The fourth-order valence-corrected chi connectivity index (χ4v) is 7.84. The van der Waals surface area contributed by atoms with E-state index in [0.29, 0.717) is 73.3 Å². The van der Waals surface area contributed by atoms with Crippen LogP contribution in [0.4, 0.5) is 18.9 Å². The van der Waals surface area contributed by atoms with Crippen LogP contribution in [0, 0.1) is 5.92 Å². The summed E-state index contributed by atoms with van der Waals surface area (Å²) in [5.74, 6) is -5.28. The molecule has 1 aliphatic heterocycles. The van der Waals surface area contributed by atoms with Gasteiger partial charge in [0.2, 0.25) is 29.5 Å². The van der Waals surface area contributed by atoms with Gasteiger partial charge in [-0.05, 0) is 68.0 Å². The van der Waals surface area contributed by atoms with Crippen LogP contribution < -0.4 is 32.3 Å². The number of carbonyl (C=O) groups is 8. The predicted octanol–water partition coefficient (Wildman–Crippen LogP) is 2.78. The Balaban J connectivity index is 0.00000126. The third kappa shape index (κ3) is 14.5. The number of nitrogens with zero attached hydrogens (tertiary/aromatic N) is 1. The van der Waals surface area contributed by atoms with E-state index >= 15 is 0 Å². The smallest absolute Gasteiger partial charge is 0.490 e. The number of aliphatic carboxylic acids is 1. The van der Waals surface area contributed by atoms with Crippen molar-refractivity contribution in [3.8, 4) is 5.75 Å². The highest BCUT2D eigenvalue weighted by molar-refractivity contribution is 7.98. The van der Waals surface area contributed by atoms with Crippen molar-refractivity contribution < 1.29 is 61.7 Å². The van der Waals surface area contributed by atoms with Crippen molar-refractivity contribution in [3.63, 3.8) is 0 Å². The zero-order valence-electron chi connectivity index (χ0n) is 36.5. The molecule has 1 heterocycles. The third-order valence-corrected chi connectivity index (χ3v) is 11.1. The monoisotopic (exact) mass is 941 g/mol. The molecule has 2 aliphatic rings. The number of benzene rings is 3. The van der Waals surface area contributed by atoms with Crippen LogP contribution in [0.3, 0.4) is 0 Å². The molecule has 0 saturated carbocycles. The third-order valence-electron chi connectivity index (χ3n) is 10.5. The van der Waals surface area contributed by atoms with Gasteiger partial charge in [0.05, 0.1) is 18.2 Å². The molecule has 5 amide bonds. The number of hydrogen-bond donors (Lipinski definition) is 8. The van der Waals surface area contributed by atoms with Crippen molar-refractivity contribution in [2.45, 2.75) is 76.3 Å². The number of phenolic OH excluding ortho intramolecular Hbond substituents is 1. The average Bonchev–Trinajstić information content (AvgIpc) is 3.77. The van der Waals surface area contributed by atoms with Gasteiger partial charge in [-0.25, -0.2) is 4.79 Å². The first-order valence-corrected chi connectivity index (χ1v) is 22.5. The lowest BCUT2D eigenvalue weighted by Gasteiger charge is -2.29. The number of thioether (sulfide) groups is 1. The van der Waals surface area contributed by atoms with Crippen molar-refractivity contribution in [2.24, 2.45) is 11.7 Å². The van der Waals surface area contributed by atoms with Crippen LogP contribution in [0.15, 0.2) is 66.7 Å². The summed E-state index contributed by atoms with van der Waals surface area (Å²) in [4.78, 5) is 103. The molecule has 9 N–H and O–H groups in total. The molecule has 5 rings (SSSR count). The number of alkyl halides is 3. The van der Waals surface area contributed by atoms with Crippen LogP contribution in [-0.2, 0) is 35.2 Å². The van der Waals surface area contributed by atoms with Gasteiger partial charge in [-0.3, -0.25) is 33.6 Å². The molecule has 66 heavy (non-hydrogen) atoms. The number of aromatic hydroxyl groups is 1. The standard InChI is InChI=1S/C43H53N7O8S.C2HF3O2/c1-25(2)21-33(48-36(52)23-47-41(56)34(24-59-3)49-40(55)31(44)22-26-14-16-27(51)17-15-26)43(58)50-20-7-13-35(50)42(57)46-19-8-18-45-32-12-6-11-30-37(32)39(54)29-10-5-4-9-28(29)38(30)53;3-2(4,5)1(6)7/h4-6,9-12,14-17,25,31,33-35,45,51H,7-8,13,18-24,44H2,1-3H3,(H,46,57)(H,47,56)(H,48,52)(H,49,55);(H,6,7)/t31-,33-,34-,35-;/m0./s1. The maximum absolute atomic E-state index is 13.9. The summed E-state index contributed by atoms with van der Waals surface area (Å²) in [5.41, 5.74) is 8.80. The molecular weight excluding hydrogens is 888 g/mol. The number of anilines is 1. The maximum Gasteiger partial charge on any atom is 0.490 e. The van der Waals surface area contributed by atoms with E-state index in [4.69, 9.17) is 15.6 Å². The van der Waals surface area contributed by atoms with E-state index < -0.39 is 60.6 Å². The molecule has 0 bridgehead atoms. The van der Waals surface area contributed by atoms with Crippen LogP contribution in [0.1, 0.15) is 76.9 Å². The first-order chi connectivity index (χ1) is 31.2. The quantitative estimate of drug-likeness (QED) is 0.0630. The number of ketones is 2. The van der Waals surface area contributed by atoms with Crippen molar-refractivity contribution in [2.75, 3.05) is 43.5 Å². The lowest BCUT2D eigenvalue weighted by molar-refractivity contribution is -0.192. The Hall–Kier alpha value is -6.48. The molecule has 21 heteroatoms. The Labute approximate surface area is 383 Å². The lowest BCUT2D eigenvalue weighted by Crippen LogP contribution is -2.56. The van der Waals surface area contributed by atoms with E-state index in [9.17, 15) is 51.8 Å². The number of nitrogens with one attached hydrogen (secondary N) is 5. The first kappa shape index (κ1) is 52.1. The molecule has 4 atom stereocenters. The largest absolute Gasteiger partial charge is 0.508 e. The highest BCUT2D eigenvalue weighted by Gasteiger charge is 2.39. The number of rotatable bonds is 19. The minimum absolute atomic E-state index is 0.0200. The molecule has 1 aliphatic carbocycles. The molecule has 1 saturated heterocycles. The van der Waals surface area contributed by atoms with Gasteiger partial charge in [0.25, 0.3) is 0 Å². The second kappa shape index (κ2) is 24.2. The van der Waals surface area contributed by atoms with Crippen LogP contribution in [0.5, 0.6) is 5.75 Å². The van der Waals surface area contributed by atoms with Crippen molar-refractivity contribution in [3.05, 3.63) is 94.5 Å². The molecule has 0 aromatic heterocycles. The molecule has 0 unspecified atom stereocenters. The Bertz CT molecular complexity index is 2260. The van der Waals surface area contributed by atoms with Crippen LogP contribution in [0.25, 0.3) is 0 Å². The average molecular weight is 942 g/mol. The van der Waals surface area contributed by atoms with E-state index in [0.717, 1.165) is 5.56 Å². The minimum atomic E-state index is -5.08. The van der Waals surface area contributed by atoms with Gasteiger partial charge in [-0.1, -0.05) is 62.4 Å². The van der Waals surface area contributed by atoms with Crippen molar-refractivity contribution in [1.82, 2.24) is 26.2 Å². The predicted molar refractivity (Wildman–Crippen MR) is 239 cm³/mol. The van der Waals surface area contributed by atoms with E-state index in [1.165, 1.54) is 28.8 Å². The van der Waals surface area contributed by atoms with Gasteiger partial charge in [-0.15, -0.1) is 0 Å². The number of carboxylic acids is 1. The number of carboxylic acid groups (broad SMARTS) is 1. The fourth-order valence-electron chi connectivity index (χ4n) is 7.27. The Morgan fingerprint density at radius 1 is 0.848 bits per heavy atom. The van der Waals surface area contributed by atoms with Gasteiger partial charge in [0.15, 0.2) is 11.6 Å². The summed E-state index contributed by atoms with van der Waals surface area (Å²) < 4.78 is 31.7. The number of amides is 5. The molecule has 0 radical (unpaired) electrons. The Kier molecular flexibility index (Phi) is 19.1. The Morgan fingerprint density at radius 2 is 1.48 bits per heavy atom. The second-order valence-electron chi connectivity index (χ2n) is 16.0. The lowest BCUT2D eigenvalue weighted by atomic mass is 9.83. The van der Waals surface area contributed by atoms with Gasteiger partial charge < -0.3 is 47.4 Å². The van der Waals surface area contributed by atoms with Gasteiger partial charge in [0.1, 0.15) is 23.9 Å². The number of phenols is 1. The number of hydrogen-bond acceptors (Lipinski definition) is 12. The van der Waals surface area contributed by atoms with Crippen LogP contribution >= 0.6 is 11.8 Å². The SMILES string of the molecule is CSC[C@H](NC(=O)[C@@H](N)Cc1ccc(O)cc1)C(=O)NCC(=O)N[C@@H](CC(C)C)C(=O)N1CCC[C@H]1C(=O)NCCCNc1cccc2c1C(=O)c1ccccc1C2=O.O=C(O)C(F)(F)F. The maximum atomic E-state index is 13.9. The summed E-state index contributed by atoms with van der Waals surface area (Å²) in [6.45, 7) is 4.43. The van der Waals surface area contributed by atoms with E-state index in [-0.39, 0.29) is 47.2 Å². The van der Waals surface area contributed by atoms with E-state index in [1.807, 2.05) is 13.8 Å². The molecular formula is C45H54F3N7O10S. The summed E-state index contributed by atoms with van der Waals surface area (Å²) in [7, 11) is 0. The van der Waals surface area contributed by atoms with E-state index in [2.05, 4.69) is 26.6 Å². The normalized spacial score (nSPS) is 15.5. The van der Waals surface area contributed by atoms with Gasteiger partial charge in [-0.2, -0.15) is 24.9 Å². The summed E-state index contributed by atoms with van der Waals surface area (Å²) >= 11 is 1.33. The molecule has 356 valence electrons. The van der Waals surface area contributed by atoms with Gasteiger partial charge >= 0.3 is 12.1 Å². The van der Waals surface area contributed by atoms with Gasteiger partial charge in [0, 0.05) is 47.8 Å². The first-order valence-electron chi connectivity index (χ1n) is 21.1. The van der Waals surface area contributed by atoms with Crippen LogP contribution in [0.2, 0.25) is 0 Å². The topological polar surface area (TPSA) is 266 Å². The highest BCUT2D eigenvalue weighted by atomic mass is 32.2. The zero-order valence-corrected chi connectivity index (χ0v) is 37.4. The zero-order chi connectivity index (χ0) is 48.7. The summed E-state index contributed by atoms with van der Waals surface area (Å²) in [6, 6.07) is 14.6. The number of carbonyl (C=O) groups excluding carboxylic acids is 7. The van der Waals surface area contributed by atoms with Crippen molar-refractivity contribution >= 4 is 64.5 Å². The second-order valence-corrected chi connectivity index (χ2v) is 16.9. The Morgan fingerprint density at radius 3 is 2.11 bits per heavy atom. The number of likely N-dealkylation sites (tertiary alicyclic amines) is 1. The molecule has 1 fully saturated rings. The van der Waals surface area contributed by atoms with E-state index in [1.54, 1.807) is 60.9 Å². The minimum Gasteiger partial charge on any atom is -0.508 e. The summed E-state index contributed by atoms with van der Waals surface area (Å²) in [6.07, 6.45) is -1.25. The molecule has 0 spiro atoms. The number of nitrogens with two attached hydrogens (primary N) is 1. The highest BCUT2D eigenvalue weighted by Crippen LogP contribution is 2.32. The number of fused-ring (bicyclic) bond motifs is 2. The number of halogens is 3. The van der Waals surface area contributed by atoms with Crippen LogP contribution in [-0.4, -0.2) is 131 Å². The summed E-state index contributed by atoms with van der Waals surface area (Å²) in [5, 5.41) is 30.7.